The van der Waals surface area contributed by atoms with Crippen LogP contribution in [0.25, 0.3) is 0 Å². The molecule has 0 spiro atoms. The molecule has 2 aromatic carbocycles. The van der Waals surface area contributed by atoms with E-state index in [0.29, 0.717) is 30.3 Å². The quantitative estimate of drug-likeness (QED) is 0.574. The maximum atomic E-state index is 13.1. The number of amides is 2. The Morgan fingerprint density at radius 2 is 1.67 bits per heavy atom. The third kappa shape index (κ3) is 5.24. The number of halogens is 1. The van der Waals surface area contributed by atoms with Gasteiger partial charge in [-0.15, -0.1) is 0 Å². The summed E-state index contributed by atoms with van der Waals surface area (Å²) in [5.41, 5.74) is 0.619. The fourth-order valence-corrected chi connectivity index (χ4v) is 4.91. The normalized spacial score (nSPS) is 18.0. The third-order valence-electron chi connectivity index (χ3n) is 5.07. The van der Waals surface area contributed by atoms with Crippen molar-refractivity contribution in [1.82, 2.24) is 14.9 Å². The van der Waals surface area contributed by atoms with Crippen LogP contribution in [0.5, 0.6) is 11.5 Å². The van der Waals surface area contributed by atoms with Gasteiger partial charge in [0, 0.05) is 19.2 Å². The number of sulfonamides is 1. The van der Waals surface area contributed by atoms with Gasteiger partial charge in [0.2, 0.25) is 10.0 Å². The zero-order valence-electron chi connectivity index (χ0n) is 17.5. The van der Waals surface area contributed by atoms with Gasteiger partial charge in [-0.3, -0.25) is 9.59 Å². The van der Waals surface area contributed by atoms with Crippen LogP contribution in [0.2, 0.25) is 0 Å². The summed E-state index contributed by atoms with van der Waals surface area (Å²) in [6.45, 7) is 0.762. The molecule has 4 rings (SSSR count). The highest BCUT2D eigenvalue weighted by Gasteiger charge is 2.37. The van der Waals surface area contributed by atoms with Gasteiger partial charge >= 0.3 is 11.8 Å². The minimum atomic E-state index is -3.95. The molecule has 0 saturated carbocycles. The van der Waals surface area contributed by atoms with Crippen molar-refractivity contribution >= 4 is 21.8 Å². The van der Waals surface area contributed by atoms with Gasteiger partial charge in [-0.05, 0) is 29.8 Å². The number of ether oxygens (including phenoxy) is 3. The van der Waals surface area contributed by atoms with E-state index in [2.05, 4.69) is 10.6 Å². The molecule has 2 aliphatic heterocycles. The Balaban J connectivity index is 1.34. The van der Waals surface area contributed by atoms with Gasteiger partial charge in [0.15, 0.2) is 11.5 Å². The number of carbonyl (C=O) groups excluding carboxylic acids is 2. The lowest BCUT2D eigenvalue weighted by Gasteiger charge is -2.24. The number of hydrogen-bond acceptors (Lipinski definition) is 7. The molecule has 0 bridgehead atoms. The molecule has 2 N–H and O–H groups in total. The van der Waals surface area contributed by atoms with Crippen molar-refractivity contribution in [3.05, 3.63) is 53.8 Å². The van der Waals surface area contributed by atoms with E-state index >= 15 is 0 Å². The summed E-state index contributed by atoms with van der Waals surface area (Å²) in [5.74, 6) is -1.45. The van der Waals surface area contributed by atoms with Gasteiger partial charge < -0.3 is 24.8 Å². The number of carbonyl (C=O) groups is 2. The van der Waals surface area contributed by atoms with Crippen LogP contribution in [-0.4, -0.2) is 63.7 Å². The molecule has 12 heteroatoms. The van der Waals surface area contributed by atoms with Gasteiger partial charge in [0.25, 0.3) is 0 Å². The third-order valence-corrected chi connectivity index (χ3v) is 6.96. The maximum absolute atomic E-state index is 13.1. The summed E-state index contributed by atoms with van der Waals surface area (Å²) in [4.78, 5) is 24.2. The standard InChI is InChI=1S/C21H22FN3O7S/c22-15-3-1-14(2-4-15)12-23-20(26)21(27)24-13-19-25(7-8-32-19)33(28,29)16-5-6-17-18(11-16)31-10-9-30-17/h1-6,11,19H,7-10,12-13H2,(H,23,26)(H,24,27)/t19-/m0/s1. The first-order chi connectivity index (χ1) is 15.8. The van der Waals surface area contributed by atoms with Crippen LogP contribution < -0.4 is 20.1 Å². The van der Waals surface area contributed by atoms with Crippen LogP contribution in [0.15, 0.2) is 47.4 Å². The largest absolute Gasteiger partial charge is 0.486 e. The second kappa shape index (κ2) is 9.73. The molecule has 2 heterocycles. The van der Waals surface area contributed by atoms with E-state index in [9.17, 15) is 22.4 Å². The van der Waals surface area contributed by atoms with Crippen molar-refractivity contribution in [2.75, 3.05) is 32.9 Å². The van der Waals surface area contributed by atoms with Gasteiger partial charge in [-0.25, -0.2) is 12.8 Å². The Bertz CT molecular complexity index is 1140. The smallest absolute Gasteiger partial charge is 0.309 e. The number of rotatable bonds is 6. The number of hydrogen-bond donors (Lipinski definition) is 2. The number of benzene rings is 2. The van der Waals surface area contributed by atoms with E-state index in [1.54, 1.807) is 0 Å². The van der Waals surface area contributed by atoms with Crippen molar-refractivity contribution in [3.8, 4) is 11.5 Å². The van der Waals surface area contributed by atoms with Crippen LogP contribution in [0.3, 0.4) is 0 Å². The molecule has 0 unspecified atom stereocenters. The average Bonchev–Trinajstić information content (AvgIpc) is 3.31. The topological polar surface area (TPSA) is 123 Å². The number of nitrogens with zero attached hydrogens (tertiary/aromatic N) is 1. The molecule has 2 aromatic rings. The van der Waals surface area contributed by atoms with Gasteiger partial charge in [-0.2, -0.15) is 4.31 Å². The molecule has 0 aliphatic carbocycles. The molecular formula is C21H22FN3O7S. The summed E-state index contributed by atoms with van der Waals surface area (Å²) >= 11 is 0. The zero-order valence-corrected chi connectivity index (χ0v) is 18.3. The van der Waals surface area contributed by atoms with Crippen LogP contribution in [0, 0.1) is 5.82 Å². The molecule has 2 amide bonds. The van der Waals surface area contributed by atoms with E-state index in [4.69, 9.17) is 14.2 Å². The summed E-state index contributed by atoms with van der Waals surface area (Å²) in [5, 5.41) is 4.80. The monoisotopic (exact) mass is 479 g/mol. The highest BCUT2D eigenvalue weighted by atomic mass is 32.2. The predicted octanol–water partition coefficient (Wildman–Crippen LogP) is 0.376. The van der Waals surface area contributed by atoms with E-state index in [-0.39, 0.29) is 31.1 Å². The fraction of sp³-hybridized carbons (Fsp3) is 0.333. The number of fused-ring (bicyclic) bond motifs is 1. The molecule has 0 aromatic heterocycles. The van der Waals surface area contributed by atoms with Crippen LogP contribution in [-0.2, 0) is 30.9 Å². The number of nitrogens with one attached hydrogen (secondary N) is 2. The van der Waals surface area contributed by atoms with Crippen LogP contribution in [0.4, 0.5) is 4.39 Å². The van der Waals surface area contributed by atoms with Crippen molar-refractivity contribution in [2.24, 2.45) is 0 Å². The Morgan fingerprint density at radius 3 is 2.42 bits per heavy atom. The maximum Gasteiger partial charge on any atom is 0.309 e. The second-order valence-electron chi connectivity index (χ2n) is 7.27. The lowest BCUT2D eigenvalue weighted by Crippen LogP contribution is -2.47. The van der Waals surface area contributed by atoms with Crippen molar-refractivity contribution in [1.29, 1.82) is 0 Å². The summed E-state index contributed by atoms with van der Waals surface area (Å²) in [6, 6.07) is 9.80. The molecule has 1 fully saturated rings. The Hall–Kier alpha value is -3.22. The molecule has 33 heavy (non-hydrogen) atoms. The molecule has 1 atom stereocenters. The van der Waals surface area contributed by atoms with E-state index in [1.807, 2.05) is 0 Å². The minimum Gasteiger partial charge on any atom is -0.486 e. The van der Waals surface area contributed by atoms with Crippen molar-refractivity contribution < 1.29 is 36.6 Å². The molecule has 1 saturated heterocycles. The Kier molecular flexibility index (Phi) is 6.77. The molecule has 0 radical (unpaired) electrons. The average molecular weight is 479 g/mol. The summed E-state index contributed by atoms with van der Waals surface area (Å²) in [6.07, 6.45) is -0.975. The first-order valence-electron chi connectivity index (χ1n) is 10.2. The minimum absolute atomic E-state index is 0.00520. The lowest BCUT2D eigenvalue weighted by molar-refractivity contribution is -0.139. The predicted molar refractivity (Wildman–Crippen MR) is 112 cm³/mol. The van der Waals surface area contributed by atoms with E-state index < -0.39 is 33.9 Å². The van der Waals surface area contributed by atoms with E-state index in [1.165, 1.54) is 42.5 Å². The van der Waals surface area contributed by atoms with Gasteiger partial charge in [0.1, 0.15) is 25.3 Å². The lowest BCUT2D eigenvalue weighted by atomic mass is 10.2. The second-order valence-corrected chi connectivity index (χ2v) is 9.16. The van der Waals surface area contributed by atoms with Crippen molar-refractivity contribution in [2.45, 2.75) is 17.7 Å². The van der Waals surface area contributed by atoms with Crippen LogP contribution >= 0.6 is 0 Å². The zero-order chi connectivity index (χ0) is 23.4. The van der Waals surface area contributed by atoms with Crippen molar-refractivity contribution in [3.63, 3.8) is 0 Å². The van der Waals surface area contributed by atoms with Gasteiger partial charge in [-0.1, -0.05) is 12.1 Å². The highest BCUT2D eigenvalue weighted by molar-refractivity contribution is 7.89. The van der Waals surface area contributed by atoms with E-state index in [0.717, 1.165) is 4.31 Å². The Morgan fingerprint density at radius 1 is 0.970 bits per heavy atom. The van der Waals surface area contributed by atoms with Crippen LogP contribution in [0.1, 0.15) is 5.56 Å². The molecule has 176 valence electrons. The molecule has 10 nitrogen and oxygen atoms in total. The SMILES string of the molecule is O=C(NCc1ccc(F)cc1)C(=O)NC[C@@H]1OCCN1S(=O)(=O)c1ccc2c(c1)OCCO2. The summed E-state index contributed by atoms with van der Waals surface area (Å²) < 4.78 is 56.6. The molecule has 2 aliphatic rings. The molecular weight excluding hydrogens is 457 g/mol. The Labute approximate surface area is 189 Å². The first kappa shape index (κ1) is 23.0. The summed E-state index contributed by atoms with van der Waals surface area (Å²) in [7, 11) is -3.95. The highest BCUT2D eigenvalue weighted by Crippen LogP contribution is 2.34. The first-order valence-corrected chi connectivity index (χ1v) is 11.6. The van der Waals surface area contributed by atoms with Gasteiger partial charge in [0.05, 0.1) is 18.0 Å². The fourth-order valence-electron chi connectivity index (χ4n) is 3.39.